The molecular formula is C25H30N4O4. The third-order valence-electron chi connectivity index (χ3n) is 7.05. The number of carbonyl (C=O) groups is 1. The monoisotopic (exact) mass is 450 g/mol. The van der Waals surface area contributed by atoms with Crippen LogP contribution in [0.25, 0.3) is 10.9 Å². The van der Waals surface area contributed by atoms with Gasteiger partial charge in [-0.15, -0.1) is 0 Å². The molecule has 3 saturated heterocycles. The van der Waals surface area contributed by atoms with E-state index in [1.54, 1.807) is 6.20 Å². The minimum absolute atomic E-state index is 0.0123. The van der Waals surface area contributed by atoms with Crippen LogP contribution in [0.4, 0.5) is 5.69 Å². The average molecular weight is 451 g/mol. The molecule has 0 aliphatic carbocycles. The molecule has 5 rings (SSSR count). The van der Waals surface area contributed by atoms with Crippen molar-refractivity contribution in [3.63, 3.8) is 0 Å². The van der Waals surface area contributed by atoms with Gasteiger partial charge in [0.2, 0.25) is 5.91 Å². The fraction of sp³-hybridized carbons (Fsp3) is 0.560. The maximum absolute atomic E-state index is 13.2. The number of piperidine rings is 2. The largest absolute Gasteiger partial charge is 0.494 e. The number of fused-ring (bicyclic) bond motifs is 1. The summed E-state index contributed by atoms with van der Waals surface area (Å²) in [6.45, 7) is 6.65. The van der Waals surface area contributed by atoms with Gasteiger partial charge in [-0.1, -0.05) is 0 Å². The zero-order chi connectivity index (χ0) is 22.8. The highest BCUT2D eigenvalue weighted by atomic mass is 16.7. The molecule has 8 nitrogen and oxygen atoms in total. The molecule has 0 atom stereocenters. The van der Waals surface area contributed by atoms with Gasteiger partial charge in [0, 0.05) is 56.5 Å². The summed E-state index contributed by atoms with van der Waals surface area (Å²) in [6.07, 6.45) is 4.68. The summed E-state index contributed by atoms with van der Waals surface area (Å²) in [5.41, 5.74) is 2.29. The number of hydrogen-bond donors (Lipinski definition) is 0. The van der Waals surface area contributed by atoms with Crippen molar-refractivity contribution in [3.8, 4) is 11.8 Å². The summed E-state index contributed by atoms with van der Waals surface area (Å²) in [5, 5.41) is 10.7. The first kappa shape index (κ1) is 21.9. The van der Waals surface area contributed by atoms with Gasteiger partial charge in [0.1, 0.15) is 11.8 Å². The molecular weight excluding hydrogens is 420 g/mol. The lowest BCUT2D eigenvalue weighted by atomic mass is 9.92. The molecule has 3 aliphatic heterocycles. The Labute approximate surface area is 194 Å². The third-order valence-corrected chi connectivity index (χ3v) is 7.05. The molecule has 0 saturated carbocycles. The molecule has 33 heavy (non-hydrogen) atoms. The summed E-state index contributed by atoms with van der Waals surface area (Å²) < 4.78 is 17.3. The van der Waals surface area contributed by atoms with Crippen LogP contribution in [0, 0.1) is 17.2 Å². The van der Waals surface area contributed by atoms with Gasteiger partial charge < -0.3 is 24.0 Å². The molecule has 8 heteroatoms. The lowest BCUT2D eigenvalue weighted by Gasteiger charge is -2.40. The van der Waals surface area contributed by atoms with Crippen LogP contribution in [0.2, 0.25) is 0 Å². The first-order chi connectivity index (χ1) is 16.1. The van der Waals surface area contributed by atoms with E-state index in [1.807, 2.05) is 30.0 Å². The van der Waals surface area contributed by atoms with E-state index in [9.17, 15) is 10.1 Å². The second-order valence-corrected chi connectivity index (χ2v) is 8.94. The fourth-order valence-electron chi connectivity index (χ4n) is 5.30. The van der Waals surface area contributed by atoms with Crippen molar-refractivity contribution < 1.29 is 19.0 Å². The van der Waals surface area contributed by atoms with E-state index in [4.69, 9.17) is 14.2 Å². The predicted molar refractivity (Wildman–Crippen MR) is 123 cm³/mol. The van der Waals surface area contributed by atoms with Gasteiger partial charge in [-0.25, -0.2) is 0 Å². The molecule has 1 amide bonds. The smallest absolute Gasteiger partial charge is 0.225 e. The van der Waals surface area contributed by atoms with E-state index in [-0.39, 0.29) is 11.8 Å². The van der Waals surface area contributed by atoms with E-state index in [2.05, 4.69) is 16.0 Å². The van der Waals surface area contributed by atoms with Crippen LogP contribution < -0.4 is 9.64 Å². The maximum Gasteiger partial charge on any atom is 0.225 e. The van der Waals surface area contributed by atoms with Crippen molar-refractivity contribution in [1.29, 1.82) is 5.26 Å². The number of amides is 1. The molecule has 1 spiro atoms. The molecule has 2 aromatic rings. The number of aromatic nitrogens is 1. The molecule has 1 aromatic heterocycles. The van der Waals surface area contributed by atoms with Crippen molar-refractivity contribution in [1.82, 2.24) is 9.88 Å². The number of benzene rings is 1. The Morgan fingerprint density at radius 3 is 2.61 bits per heavy atom. The number of anilines is 1. The highest BCUT2D eigenvalue weighted by Crippen LogP contribution is 2.36. The van der Waals surface area contributed by atoms with Gasteiger partial charge in [0.25, 0.3) is 0 Å². The standard InChI is InChI=1S/C25H30N4O4/c1-2-31-20-3-4-22-21(15-20)23(19(16-26)17-27-22)28-9-5-18(6-10-28)24(30)29-11-7-25(8-12-29)32-13-14-33-25/h3-4,15,17-18H,2,5-14H2,1H3. The Morgan fingerprint density at radius 1 is 1.21 bits per heavy atom. The molecule has 0 unspecified atom stereocenters. The quantitative estimate of drug-likeness (QED) is 0.707. The molecule has 3 aliphatic rings. The van der Waals surface area contributed by atoms with Gasteiger partial charge in [0.15, 0.2) is 5.79 Å². The van der Waals surface area contributed by atoms with Gasteiger partial charge in [-0.05, 0) is 38.0 Å². The van der Waals surface area contributed by atoms with Gasteiger partial charge in [-0.2, -0.15) is 5.26 Å². The Morgan fingerprint density at radius 2 is 1.94 bits per heavy atom. The molecule has 0 bridgehead atoms. The Kier molecular flexibility index (Phi) is 6.09. The minimum atomic E-state index is -0.462. The summed E-state index contributed by atoms with van der Waals surface area (Å²) in [5.74, 6) is 0.558. The van der Waals surface area contributed by atoms with Gasteiger partial charge in [0.05, 0.1) is 36.6 Å². The highest BCUT2D eigenvalue weighted by molar-refractivity contribution is 5.95. The maximum atomic E-state index is 13.2. The normalized spacial score (nSPS) is 20.8. The molecule has 3 fully saturated rings. The van der Waals surface area contributed by atoms with E-state index >= 15 is 0 Å². The molecule has 4 heterocycles. The lowest BCUT2D eigenvalue weighted by Crippen LogP contribution is -2.50. The van der Waals surface area contributed by atoms with E-state index in [0.717, 1.165) is 61.1 Å². The second kappa shape index (κ2) is 9.16. The Balaban J connectivity index is 1.28. The highest BCUT2D eigenvalue weighted by Gasteiger charge is 2.42. The predicted octanol–water partition coefficient (Wildman–Crippen LogP) is 3.09. The zero-order valence-electron chi connectivity index (χ0n) is 19.1. The van der Waals surface area contributed by atoms with Crippen molar-refractivity contribution in [2.24, 2.45) is 5.92 Å². The summed E-state index contributed by atoms with van der Waals surface area (Å²) >= 11 is 0. The van der Waals surface area contributed by atoms with E-state index in [1.165, 1.54) is 0 Å². The van der Waals surface area contributed by atoms with Crippen LogP contribution in [0.3, 0.4) is 0 Å². The summed E-state index contributed by atoms with van der Waals surface area (Å²) in [4.78, 5) is 21.9. The lowest BCUT2D eigenvalue weighted by molar-refractivity contribution is -0.188. The van der Waals surface area contributed by atoms with Crippen LogP contribution >= 0.6 is 0 Å². The van der Waals surface area contributed by atoms with E-state index in [0.29, 0.717) is 38.5 Å². The third kappa shape index (κ3) is 4.23. The Hall–Kier alpha value is -2.89. The van der Waals surface area contributed by atoms with Crippen LogP contribution in [0.5, 0.6) is 5.75 Å². The van der Waals surface area contributed by atoms with Crippen LogP contribution in [0.15, 0.2) is 24.4 Å². The van der Waals surface area contributed by atoms with Crippen LogP contribution in [-0.2, 0) is 14.3 Å². The topological polar surface area (TPSA) is 87.9 Å². The SMILES string of the molecule is CCOc1ccc2ncc(C#N)c(N3CCC(C(=O)N4CCC5(CC4)OCCO5)CC3)c2c1. The number of nitrogens with zero attached hydrogens (tertiary/aromatic N) is 4. The van der Waals surface area contributed by atoms with Crippen LogP contribution in [0.1, 0.15) is 38.2 Å². The number of likely N-dealkylation sites (tertiary alicyclic amines) is 1. The first-order valence-electron chi connectivity index (χ1n) is 11.9. The molecule has 0 N–H and O–H groups in total. The number of carbonyl (C=O) groups excluding carboxylic acids is 1. The minimum Gasteiger partial charge on any atom is -0.494 e. The second-order valence-electron chi connectivity index (χ2n) is 8.94. The van der Waals surface area contributed by atoms with Crippen molar-refractivity contribution in [3.05, 3.63) is 30.0 Å². The Bertz CT molecular complexity index is 1060. The van der Waals surface area contributed by atoms with Crippen LogP contribution in [-0.4, -0.2) is 67.6 Å². The summed E-state index contributed by atoms with van der Waals surface area (Å²) in [7, 11) is 0. The van der Waals surface area contributed by atoms with Gasteiger partial charge >= 0.3 is 0 Å². The molecule has 0 radical (unpaired) electrons. The number of rotatable bonds is 4. The fourth-order valence-corrected chi connectivity index (χ4v) is 5.30. The zero-order valence-corrected chi connectivity index (χ0v) is 19.1. The average Bonchev–Trinajstić information content (AvgIpc) is 3.31. The molecule has 1 aromatic carbocycles. The van der Waals surface area contributed by atoms with Gasteiger partial charge in [-0.3, -0.25) is 9.78 Å². The first-order valence-corrected chi connectivity index (χ1v) is 11.9. The van der Waals surface area contributed by atoms with Crippen molar-refractivity contribution in [2.75, 3.05) is 50.9 Å². The van der Waals surface area contributed by atoms with E-state index < -0.39 is 5.79 Å². The number of pyridine rings is 1. The number of hydrogen-bond acceptors (Lipinski definition) is 7. The number of ether oxygens (including phenoxy) is 3. The molecule has 174 valence electrons. The van der Waals surface area contributed by atoms with Crippen molar-refractivity contribution in [2.45, 2.75) is 38.4 Å². The summed E-state index contributed by atoms with van der Waals surface area (Å²) in [6, 6.07) is 8.11. The number of nitriles is 1. The van der Waals surface area contributed by atoms with Crippen molar-refractivity contribution >= 4 is 22.5 Å².